The minimum absolute atomic E-state index is 0.0422. The first-order valence-electron chi connectivity index (χ1n) is 8.10. The molecule has 0 aliphatic rings. The van der Waals surface area contributed by atoms with E-state index in [0.717, 1.165) is 11.3 Å². The van der Waals surface area contributed by atoms with E-state index in [-0.39, 0.29) is 14.8 Å². The molecule has 0 fully saturated rings. The lowest BCUT2D eigenvalue weighted by Crippen LogP contribution is -2.14. The second-order valence-corrected chi connectivity index (χ2v) is 10.8. The highest BCUT2D eigenvalue weighted by molar-refractivity contribution is 7.91. The van der Waals surface area contributed by atoms with Gasteiger partial charge >= 0.3 is 0 Å². The molecule has 0 spiro atoms. The van der Waals surface area contributed by atoms with Crippen LogP contribution in [-0.2, 0) is 20.0 Å². The lowest BCUT2D eigenvalue weighted by molar-refractivity contribution is 0.587. The molecular weight excluding hydrogens is 418 g/mol. The van der Waals surface area contributed by atoms with Crippen molar-refractivity contribution in [2.45, 2.75) is 16.0 Å². The third-order valence-electron chi connectivity index (χ3n) is 4.24. The van der Waals surface area contributed by atoms with Crippen LogP contribution in [0.15, 0.2) is 69.9 Å². The van der Waals surface area contributed by atoms with Crippen LogP contribution in [0.5, 0.6) is 0 Å². The van der Waals surface area contributed by atoms with E-state index in [1.165, 1.54) is 28.4 Å². The van der Waals surface area contributed by atoms with Crippen LogP contribution in [-0.4, -0.2) is 25.8 Å². The second kappa shape index (κ2) is 6.52. The molecule has 0 radical (unpaired) electrons. The van der Waals surface area contributed by atoms with Gasteiger partial charge in [0.25, 0.3) is 10.0 Å². The van der Waals surface area contributed by atoms with Gasteiger partial charge in [0.1, 0.15) is 4.21 Å². The average Bonchev–Trinajstić information content (AvgIpc) is 3.26. The number of thiophene rings is 1. The monoisotopic (exact) mass is 433 g/mol. The fraction of sp³-hybridized carbons (Fsp3) is 0.0556. The van der Waals surface area contributed by atoms with E-state index < -0.39 is 20.0 Å². The molecule has 0 atom stereocenters. The maximum atomic E-state index is 13.1. The minimum Gasteiger partial charge on any atom is -0.237 e. The summed E-state index contributed by atoms with van der Waals surface area (Å²) in [6.45, 7) is 1.69. The molecule has 7 nitrogen and oxygen atoms in total. The van der Waals surface area contributed by atoms with Crippen molar-refractivity contribution in [1.29, 1.82) is 0 Å². The van der Waals surface area contributed by atoms with Gasteiger partial charge in [-0.2, -0.15) is 0 Å². The van der Waals surface area contributed by atoms with Crippen LogP contribution in [0.25, 0.3) is 21.5 Å². The highest BCUT2D eigenvalue weighted by atomic mass is 32.2. The molecule has 0 unspecified atom stereocenters. The zero-order valence-electron chi connectivity index (χ0n) is 14.6. The number of benzene rings is 1. The van der Waals surface area contributed by atoms with Crippen LogP contribution >= 0.6 is 11.3 Å². The Hall–Kier alpha value is -2.53. The average molecular weight is 434 g/mol. The molecule has 10 heteroatoms. The Morgan fingerprint density at radius 1 is 1.00 bits per heavy atom. The first-order valence-corrected chi connectivity index (χ1v) is 11.9. The van der Waals surface area contributed by atoms with E-state index in [1.54, 1.807) is 43.3 Å². The van der Waals surface area contributed by atoms with Gasteiger partial charge in [-0.25, -0.2) is 30.9 Å². The number of hydrogen-bond donors (Lipinski definition) is 1. The largest absolute Gasteiger partial charge is 0.269 e. The molecule has 0 bridgehead atoms. The summed E-state index contributed by atoms with van der Waals surface area (Å²) in [6.07, 6.45) is 1.50. The zero-order chi connectivity index (χ0) is 20.1. The third-order valence-corrected chi connectivity index (χ3v) is 8.61. The van der Waals surface area contributed by atoms with Gasteiger partial charge in [-0.05, 0) is 43.3 Å². The van der Waals surface area contributed by atoms with Crippen LogP contribution in [0.2, 0.25) is 0 Å². The molecule has 4 rings (SSSR count). The van der Waals surface area contributed by atoms with E-state index in [2.05, 4.69) is 4.98 Å². The van der Waals surface area contributed by atoms with Gasteiger partial charge < -0.3 is 0 Å². The van der Waals surface area contributed by atoms with E-state index >= 15 is 0 Å². The Labute approximate surface area is 166 Å². The number of aromatic nitrogens is 2. The molecule has 1 aromatic carbocycles. The lowest BCUT2D eigenvalue weighted by atomic mass is 10.1. The van der Waals surface area contributed by atoms with Crippen molar-refractivity contribution in [1.82, 2.24) is 8.96 Å². The van der Waals surface area contributed by atoms with Crippen LogP contribution < -0.4 is 5.14 Å². The molecule has 4 aromatic rings. The molecule has 3 heterocycles. The minimum atomic E-state index is -3.83. The summed E-state index contributed by atoms with van der Waals surface area (Å²) in [5.74, 6) is 0. The summed E-state index contributed by atoms with van der Waals surface area (Å²) >= 11 is 1.03. The first-order chi connectivity index (χ1) is 13.2. The molecule has 28 heavy (non-hydrogen) atoms. The molecule has 0 saturated heterocycles. The number of rotatable bonds is 4. The van der Waals surface area contributed by atoms with Crippen molar-refractivity contribution in [3.63, 3.8) is 0 Å². The number of nitrogens with zero attached hydrogens (tertiary/aromatic N) is 2. The van der Waals surface area contributed by atoms with E-state index in [9.17, 15) is 16.8 Å². The van der Waals surface area contributed by atoms with Gasteiger partial charge in [0, 0.05) is 27.7 Å². The Morgan fingerprint density at radius 3 is 2.36 bits per heavy atom. The molecule has 144 valence electrons. The maximum absolute atomic E-state index is 13.1. The summed E-state index contributed by atoms with van der Waals surface area (Å²) in [4.78, 5) is 5.10. The molecular formula is C18H15N3O4S3. The fourth-order valence-corrected chi connectivity index (χ4v) is 6.32. The van der Waals surface area contributed by atoms with Crippen molar-refractivity contribution < 1.29 is 16.8 Å². The molecule has 2 N–H and O–H groups in total. The number of fused-ring (bicyclic) bond motifs is 1. The number of aryl methyl sites for hydroxylation is 1. The maximum Gasteiger partial charge on any atom is 0.269 e. The number of hydrogen-bond acceptors (Lipinski definition) is 6. The SMILES string of the molecule is Cc1cc2c(-c3ccc(S(N)(=O)=O)s3)ccnc2n1S(=O)(=O)c1ccccc1. The van der Waals surface area contributed by atoms with Crippen molar-refractivity contribution in [2.75, 3.05) is 0 Å². The van der Waals surface area contributed by atoms with Crippen molar-refractivity contribution in [3.05, 3.63) is 66.5 Å². The van der Waals surface area contributed by atoms with Gasteiger partial charge in [0.05, 0.1) is 4.90 Å². The van der Waals surface area contributed by atoms with E-state index in [1.807, 2.05) is 0 Å². The third kappa shape index (κ3) is 3.04. The van der Waals surface area contributed by atoms with E-state index in [4.69, 9.17) is 5.14 Å². The Kier molecular flexibility index (Phi) is 4.38. The molecule has 0 aliphatic carbocycles. The number of primary sulfonamides is 1. The second-order valence-electron chi connectivity index (χ2n) is 6.13. The normalized spacial score (nSPS) is 12.5. The summed E-state index contributed by atoms with van der Waals surface area (Å²) in [5.41, 5.74) is 1.47. The smallest absolute Gasteiger partial charge is 0.237 e. The topological polar surface area (TPSA) is 112 Å². The summed E-state index contributed by atoms with van der Waals surface area (Å²) in [5, 5.41) is 5.81. The van der Waals surface area contributed by atoms with Crippen LogP contribution in [0.4, 0.5) is 0 Å². The van der Waals surface area contributed by atoms with Crippen molar-refractivity contribution in [3.8, 4) is 10.4 Å². The highest BCUT2D eigenvalue weighted by Crippen LogP contribution is 2.36. The van der Waals surface area contributed by atoms with Crippen molar-refractivity contribution >= 4 is 42.4 Å². The fourth-order valence-electron chi connectivity index (χ4n) is 3.03. The van der Waals surface area contributed by atoms with Gasteiger partial charge in [0.15, 0.2) is 5.65 Å². The Morgan fingerprint density at radius 2 is 1.71 bits per heavy atom. The first kappa shape index (κ1) is 18.8. The van der Waals surface area contributed by atoms with E-state index in [0.29, 0.717) is 21.5 Å². The van der Waals surface area contributed by atoms with Crippen LogP contribution in [0.1, 0.15) is 5.69 Å². The summed E-state index contributed by atoms with van der Waals surface area (Å²) < 4.78 is 50.7. The summed E-state index contributed by atoms with van der Waals surface area (Å²) in [7, 11) is -7.63. The Bertz CT molecular complexity index is 1400. The van der Waals surface area contributed by atoms with Gasteiger partial charge in [-0.3, -0.25) is 0 Å². The van der Waals surface area contributed by atoms with Gasteiger partial charge in [0.2, 0.25) is 10.0 Å². The molecule has 0 amide bonds. The predicted molar refractivity (Wildman–Crippen MR) is 108 cm³/mol. The predicted octanol–water partition coefficient (Wildman–Crippen LogP) is 2.96. The number of nitrogens with two attached hydrogens (primary N) is 1. The Balaban J connectivity index is 1.95. The standard InChI is InChI=1S/C18H15N3O4S3/c1-12-11-15-14(16-7-8-17(26-16)27(19,22)23)9-10-20-18(15)21(12)28(24,25)13-5-3-2-4-6-13/h2-11H,1H3,(H2,19,22,23). The number of pyridine rings is 1. The van der Waals surface area contributed by atoms with Crippen LogP contribution in [0, 0.1) is 6.92 Å². The highest BCUT2D eigenvalue weighted by Gasteiger charge is 2.24. The zero-order valence-corrected chi connectivity index (χ0v) is 17.1. The molecule has 0 saturated carbocycles. The lowest BCUT2D eigenvalue weighted by Gasteiger charge is -2.09. The van der Waals surface area contributed by atoms with Crippen molar-refractivity contribution in [2.24, 2.45) is 5.14 Å². The van der Waals surface area contributed by atoms with Gasteiger partial charge in [-0.15, -0.1) is 11.3 Å². The van der Waals surface area contributed by atoms with Gasteiger partial charge in [-0.1, -0.05) is 18.2 Å². The summed E-state index contributed by atoms with van der Waals surface area (Å²) in [6, 6.07) is 14.7. The molecule has 3 aromatic heterocycles. The van der Waals surface area contributed by atoms with Crippen LogP contribution in [0.3, 0.4) is 0 Å². The number of sulfonamides is 1. The molecule has 0 aliphatic heterocycles. The quantitative estimate of drug-likeness (QED) is 0.532.